The molecule has 102 valence electrons. The van der Waals surface area contributed by atoms with E-state index in [0.717, 1.165) is 18.7 Å². The fraction of sp³-hybridized carbons (Fsp3) is 0.500. The van der Waals surface area contributed by atoms with Gasteiger partial charge in [-0.3, -0.25) is 14.6 Å². The number of hydrogen-bond acceptors (Lipinski definition) is 5. The Balaban J connectivity index is 1.88. The van der Waals surface area contributed by atoms with Crippen molar-refractivity contribution in [3.63, 3.8) is 0 Å². The zero-order valence-electron chi connectivity index (χ0n) is 11.0. The predicted octanol–water partition coefficient (Wildman–Crippen LogP) is 0.688. The molecule has 0 aliphatic carbocycles. The molecule has 1 saturated heterocycles. The summed E-state index contributed by atoms with van der Waals surface area (Å²) in [7, 11) is 1.32. The van der Waals surface area contributed by atoms with Crippen LogP contribution in [0.5, 0.6) is 0 Å². The van der Waals surface area contributed by atoms with Gasteiger partial charge in [0.15, 0.2) is 0 Å². The number of piperidine rings is 1. The first-order valence-electron chi connectivity index (χ1n) is 6.43. The van der Waals surface area contributed by atoms with Crippen molar-refractivity contribution in [3.05, 3.63) is 30.1 Å². The largest absolute Gasteiger partial charge is 0.468 e. The smallest absolute Gasteiger partial charge is 0.317 e. The third-order valence-corrected chi connectivity index (χ3v) is 3.40. The van der Waals surface area contributed by atoms with Gasteiger partial charge in [0.25, 0.3) is 0 Å². The highest BCUT2D eigenvalue weighted by atomic mass is 16.5. The van der Waals surface area contributed by atoms with Crippen LogP contribution in [0.3, 0.4) is 0 Å². The molecule has 0 aromatic carbocycles. The Morgan fingerprint density at radius 1 is 1.53 bits per heavy atom. The number of pyridine rings is 1. The van der Waals surface area contributed by atoms with Crippen LogP contribution in [0, 0.1) is 5.92 Å². The maximum Gasteiger partial charge on any atom is 0.317 e. The van der Waals surface area contributed by atoms with E-state index in [9.17, 15) is 9.59 Å². The Morgan fingerprint density at radius 3 is 3.05 bits per heavy atom. The topological polar surface area (TPSA) is 59.5 Å². The van der Waals surface area contributed by atoms with E-state index in [1.165, 1.54) is 7.11 Å². The molecule has 5 nitrogen and oxygen atoms in total. The predicted molar refractivity (Wildman–Crippen MR) is 69.5 cm³/mol. The number of hydrogen-bond donors (Lipinski definition) is 0. The van der Waals surface area contributed by atoms with Crippen molar-refractivity contribution in [1.29, 1.82) is 0 Å². The van der Waals surface area contributed by atoms with Gasteiger partial charge in [0.2, 0.25) is 0 Å². The third-order valence-electron chi connectivity index (χ3n) is 3.40. The highest BCUT2D eigenvalue weighted by Gasteiger charge is 2.33. The maximum atomic E-state index is 11.7. The minimum atomic E-state index is -0.623. The van der Waals surface area contributed by atoms with Crippen LogP contribution in [0.2, 0.25) is 0 Å². The Morgan fingerprint density at radius 2 is 2.37 bits per heavy atom. The molecule has 0 bridgehead atoms. The van der Waals surface area contributed by atoms with E-state index >= 15 is 0 Å². The van der Waals surface area contributed by atoms with E-state index < -0.39 is 11.9 Å². The zero-order valence-corrected chi connectivity index (χ0v) is 11.0. The molecule has 2 rings (SSSR count). The van der Waals surface area contributed by atoms with Crippen molar-refractivity contribution in [2.45, 2.75) is 12.8 Å². The van der Waals surface area contributed by atoms with Crippen LogP contribution in [0.1, 0.15) is 12.1 Å². The normalized spacial score (nSPS) is 20.3. The summed E-state index contributed by atoms with van der Waals surface area (Å²) >= 11 is 0. The first-order valence-corrected chi connectivity index (χ1v) is 6.43. The van der Waals surface area contributed by atoms with Crippen LogP contribution in [0.25, 0.3) is 0 Å². The third kappa shape index (κ3) is 3.61. The first-order chi connectivity index (χ1) is 9.20. The van der Waals surface area contributed by atoms with E-state index in [-0.39, 0.29) is 5.78 Å². The van der Waals surface area contributed by atoms with Gasteiger partial charge in [0.1, 0.15) is 11.7 Å². The highest BCUT2D eigenvalue weighted by Crippen LogP contribution is 2.14. The summed E-state index contributed by atoms with van der Waals surface area (Å²) in [4.78, 5) is 29.6. The van der Waals surface area contributed by atoms with E-state index in [2.05, 4.69) is 14.6 Å². The lowest BCUT2D eigenvalue weighted by molar-refractivity contribution is -0.151. The molecule has 1 atom stereocenters. The highest BCUT2D eigenvalue weighted by molar-refractivity contribution is 5.99. The number of carbonyl (C=O) groups excluding carboxylic acids is 2. The van der Waals surface area contributed by atoms with Gasteiger partial charge in [-0.1, -0.05) is 6.07 Å². The molecule has 1 aromatic rings. The second kappa shape index (κ2) is 6.43. The molecule has 0 amide bonds. The van der Waals surface area contributed by atoms with Gasteiger partial charge in [-0.05, 0) is 12.1 Å². The number of carbonyl (C=O) groups is 2. The Bertz CT molecular complexity index is 439. The molecule has 5 heteroatoms. The number of ketones is 1. The van der Waals surface area contributed by atoms with Gasteiger partial charge >= 0.3 is 5.97 Å². The number of likely N-dealkylation sites (tertiary alicyclic amines) is 1. The summed E-state index contributed by atoms with van der Waals surface area (Å²) in [6, 6.07) is 5.82. The molecule has 1 unspecified atom stereocenters. The molecule has 1 aliphatic rings. The average Bonchev–Trinajstić information content (AvgIpc) is 2.46. The summed E-state index contributed by atoms with van der Waals surface area (Å²) in [5.41, 5.74) is 1.02. The molecular weight excluding hydrogens is 244 g/mol. The molecule has 1 aromatic heterocycles. The summed E-state index contributed by atoms with van der Waals surface area (Å²) in [5, 5.41) is 0. The fourth-order valence-corrected chi connectivity index (χ4v) is 2.26. The molecule has 1 fully saturated rings. The number of rotatable bonds is 4. The molecular formula is C14H18N2O3. The standard InChI is InChI=1S/C14H18N2O3/c1-19-14(18)12-10-16(9-6-13(12)17)8-5-11-4-2-3-7-15-11/h2-4,7,12H,5-6,8-10H2,1H3. The number of esters is 1. The molecule has 19 heavy (non-hydrogen) atoms. The molecule has 1 aliphatic heterocycles. The van der Waals surface area contributed by atoms with Crippen LogP contribution < -0.4 is 0 Å². The molecule has 0 spiro atoms. The SMILES string of the molecule is COC(=O)C1CN(CCc2ccccn2)CCC1=O. The van der Waals surface area contributed by atoms with Gasteiger partial charge in [-0.15, -0.1) is 0 Å². The summed E-state index contributed by atoms with van der Waals surface area (Å²) in [5.74, 6) is -1.06. The number of methoxy groups -OCH3 is 1. The lowest BCUT2D eigenvalue weighted by Crippen LogP contribution is -2.45. The number of aromatic nitrogens is 1. The Kier molecular flexibility index (Phi) is 4.63. The van der Waals surface area contributed by atoms with Crippen molar-refractivity contribution >= 4 is 11.8 Å². The second-order valence-corrected chi connectivity index (χ2v) is 4.66. The van der Waals surface area contributed by atoms with E-state index in [1.807, 2.05) is 18.2 Å². The minimum Gasteiger partial charge on any atom is -0.468 e. The lowest BCUT2D eigenvalue weighted by atomic mass is 9.96. The van der Waals surface area contributed by atoms with Gasteiger partial charge < -0.3 is 9.64 Å². The summed E-state index contributed by atoms with van der Waals surface area (Å²) < 4.78 is 4.67. The van der Waals surface area contributed by atoms with Crippen molar-refractivity contribution in [2.75, 3.05) is 26.7 Å². The molecule has 0 radical (unpaired) electrons. The van der Waals surface area contributed by atoms with Crippen molar-refractivity contribution < 1.29 is 14.3 Å². The quantitative estimate of drug-likeness (QED) is 0.590. The fourth-order valence-electron chi connectivity index (χ4n) is 2.26. The van der Waals surface area contributed by atoms with Gasteiger partial charge in [0.05, 0.1) is 7.11 Å². The van der Waals surface area contributed by atoms with Gasteiger partial charge in [0, 0.05) is 44.4 Å². The van der Waals surface area contributed by atoms with Crippen LogP contribution >= 0.6 is 0 Å². The second-order valence-electron chi connectivity index (χ2n) is 4.66. The van der Waals surface area contributed by atoms with Crippen LogP contribution in [0.4, 0.5) is 0 Å². The minimum absolute atomic E-state index is 0.0130. The number of Topliss-reactive ketones (excluding diaryl/α,β-unsaturated/α-hetero) is 1. The Hall–Kier alpha value is -1.75. The van der Waals surface area contributed by atoms with E-state index in [4.69, 9.17) is 0 Å². The molecule has 2 heterocycles. The zero-order chi connectivity index (χ0) is 13.7. The van der Waals surface area contributed by atoms with Crippen LogP contribution in [-0.4, -0.2) is 48.4 Å². The van der Waals surface area contributed by atoms with Crippen LogP contribution in [-0.2, 0) is 20.7 Å². The van der Waals surface area contributed by atoms with E-state index in [1.54, 1.807) is 6.20 Å². The number of ether oxygens (including phenoxy) is 1. The van der Waals surface area contributed by atoms with Crippen molar-refractivity contribution in [2.24, 2.45) is 5.92 Å². The molecule has 0 saturated carbocycles. The maximum absolute atomic E-state index is 11.7. The monoisotopic (exact) mass is 262 g/mol. The van der Waals surface area contributed by atoms with Crippen molar-refractivity contribution in [3.8, 4) is 0 Å². The van der Waals surface area contributed by atoms with Crippen molar-refractivity contribution in [1.82, 2.24) is 9.88 Å². The van der Waals surface area contributed by atoms with E-state index in [0.29, 0.717) is 19.5 Å². The summed E-state index contributed by atoms with van der Waals surface area (Å²) in [6.07, 6.45) is 3.01. The number of nitrogens with zero attached hydrogens (tertiary/aromatic N) is 2. The van der Waals surface area contributed by atoms with Gasteiger partial charge in [-0.2, -0.15) is 0 Å². The average molecular weight is 262 g/mol. The first kappa shape index (κ1) is 13.7. The molecule has 0 N–H and O–H groups in total. The van der Waals surface area contributed by atoms with Gasteiger partial charge in [-0.25, -0.2) is 0 Å². The van der Waals surface area contributed by atoms with Crippen LogP contribution in [0.15, 0.2) is 24.4 Å². The Labute approximate surface area is 112 Å². The lowest BCUT2D eigenvalue weighted by Gasteiger charge is -2.30. The summed E-state index contributed by atoms with van der Waals surface area (Å²) in [6.45, 7) is 1.97.